The highest BCUT2D eigenvalue weighted by atomic mass is 16.6. The van der Waals surface area contributed by atoms with Crippen molar-refractivity contribution in [2.75, 3.05) is 13.2 Å². The lowest BCUT2D eigenvalue weighted by Gasteiger charge is -2.30. The minimum Gasteiger partial charge on any atom is -0.486 e. The summed E-state index contributed by atoms with van der Waals surface area (Å²) in [6.45, 7) is 1.43. The molecule has 1 saturated heterocycles. The van der Waals surface area contributed by atoms with Gasteiger partial charge in [0.05, 0.1) is 6.10 Å². The summed E-state index contributed by atoms with van der Waals surface area (Å²) in [5.74, 6) is 1.61. The largest absolute Gasteiger partial charge is 0.486 e. The third-order valence-corrected chi connectivity index (χ3v) is 3.85. The van der Waals surface area contributed by atoms with Crippen LogP contribution in [0, 0.1) is 0 Å². The average Bonchev–Trinajstić information content (AvgIpc) is 2.97. The van der Waals surface area contributed by atoms with Gasteiger partial charge in [0.2, 0.25) is 0 Å². The number of hydrogen-bond acceptors (Lipinski definition) is 4. The van der Waals surface area contributed by atoms with Crippen LogP contribution in [0.5, 0.6) is 11.5 Å². The van der Waals surface area contributed by atoms with Crippen LogP contribution < -0.4 is 15.2 Å². The summed E-state index contributed by atoms with van der Waals surface area (Å²) < 4.78 is 17.2. The highest BCUT2D eigenvalue weighted by molar-refractivity contribution is 5.40. The Hall–Kier alpha value is -1.26. The first-order valence-electron chi connectivity index (χ1n) is 7.08. The third-order valence-electron chi connectivity index (χ3n) is 3.85. The molecule has 0 amide bonds. The van der Waals surface area contributed by atoms with Gasteiger partial charge in [0.1, 0.15) is 12.7 Å². The Balaban J connectivity index is 1.52. The van der Waals surface area contributed by atoms with Crippen LogP contribution in [-0.4, -0.2) is 31.5 Å². The van der Waals surface area contributed by atoms with E-state index in [2.05, 4.69) is 0 Å². The van der Waals surface area contributed by atoms with Gasteiger partial charge in [-0.1, -0.05) is 12.1 Å². The zero-order valence-corrected chi connectivity index (χ0v) is 11.1. The van der Waals surface area contributed by atoms with Crippen molar-refractivity contribution < 1.29 is 14.2 Å². The Labute approximate surface area is 113 Å². The molecule has 19 heavy (non-hydrogen) atoms. The summed E-state index contributed by atoms with van der Waals surface area (Å²) in [5.41, 5.74) is 6.22. The zero-order chi connectivity index (χ0) is 13.1. The molecule has 2 aliphatic heterocycles. The van der Waals surface area contributed by atoms with Gasteiger partial charge in [-0.3, -0.25) is 0 Å². The second-order valence-corrected chi connectivity index (χ2v) is 5.29. The van der Waals surface area contributed by atoms with Gasteiger partial charge in [0.25, 0.3) is 0 Å². The average molecular weight is 263 g/mol. The number of rotatable bonds is 4. The van der Waals surface area contributed by atoms with E-state index in [4.69, 9.17) is 19.9 Å². The minimum atomic E-state index is -0.0590. The maximum Gasteiger partial charge on any atom is 0.161 e. The van der Waals surface area contributed by atoms with Crippen LogP contribution in [-0.2, 0) is 4.74 Å². The smallest absolute Gasteiger partial charge is 0.161 e. The highest BCUT2D eigenvalue weighted by Crippen LogP contribution is 2.32. The SMILES string of the molecule is NC(CCC1CCCO1)C1COc2ccccc2O1. The van der Waals surface area contributed by atoms with E-state index in [1.165, 1.54) is 6.42 Å². The van der Waals surface area contributed by atoms with E-state index in [1.807, 2.05) is 24.3 Å². The maximum atomic E-state index is 6.22. The summed E-state index contributed by atoms with van der Waals surface area (Å²) in [6.07, 6.45) is 4.61. The molecule has 0 aliphatic carbocycles. The lowest BCUT2D eigenvalue weighted by Crippen LogP contribution is -2.45. The van der Waals surface area contributed by atoms with E-state index in [1.54, 1.807) is 0 Å². The molecule has 104 valence electrons. The van der Waals surface area contributed by atoms with Gasteiger partial charge in [-0.05, 0) is 37.8 Å². The van der Waals surface area contributed by atoms with Gasteiger partial charge in [0.15, 0.2) is 11.5 Å². The second-order valence-electron chi connectivity index (χ2n) is 5.29. The van der Waals surface area contributed by atoms with Crippen molar-refractivity contribution in [3.63, 3.8) is 0 Å². The molecule has 0 saturated carbocycles. The van der Waals surface area contributed by atoms with E-state index in [0.717, 1.165) is 37.4 Å². The topological polar surface area (TPSA) is 53.7 Å². The fraction of sp³-hybridized carbons (Fsp3) is 0.600. The Bertz CT molecular complexity index is 418. The molecule has 2 heterocycles. The fourth-order valence-corrected chi connectivity index (χ4v) is 2.68. The van der Waals surface area contributed by atoms with Gasteiger partial charge < -0.3 is 19.9 Å². The number of para-hydroxylation sites is 2. The van der Waals surface area contributed by atoms with Crippen molar-refractivity contribution in [2.45, 2.75) is 43.9 Å². The Morgan fingerprint density at radius 2 is 2.11 bits per heavy atom. The monoisotopic (exact) mass is 263 g/mol. The molecule has 4 heteroatoms. The van der Waals surface area contributed by atoms with Crippen LogP contribution in [0.1, 0.15) is 25.7 Å². The zero-order valence-electron chi connectivity index (χ0n) is 11.1. The molecule has 1 aromatic carbocycles. The maximum absolute atomic E-state index is 6.22. The van der Waals surface area contributed by atoms with Gasteiger partial charge in [-0.15, -0.1) is 0 Å². The van der Waals surface area contributed by atoms with Crippen molar-refractivity contribution in [2.24, 2.45) is 5.73 Å². The van der Waals surface area contributed by atoms with Crippen molar-refractivity contribution >= 4 is 0 Å². The van der Waals surface area contributed by atoms with E-state index < -0.39 is 0 Å². The molecule has 3 unspecified atom stereocenters. The summed E-state index contributed by atoms with van der Waals surface area (Å²) >= 11 is 0. The van der Waals surface area contributed by atoms with Crippen LogP contribution >= 0.6 is 0 Å². The number of benzene rings is 1. The molecular weight excluding hydrogens is 242 g/mol. The second kappa shape index (κ2) is 5.80. The predicted octanol–water partition coefficient (Wildman–Crippen LogP) is 2.11. The molecule has 4 nitrogen and oxygen atoms in total. The predicted molar refractivity (Wildman–Crippen MR) is 72.5 cm³/mol. The number of nitrogens with two attached hydrogens (primary N) is 1. The number of hydrogen-bond donors (Lipinski definition) is 1. The molecule has 0 spiro atoms. The summed E-state index contributed by atoms with van der Waals surface area (Å²) in [5, 5.41) is 0. The van der Waals surface area contributed by atoms with Crippen molar-refractivity contribution in [3.05, 3.63) is 24.3 Å². The van der Waals surface area contributed by atoms with E-state index in [-0.39, 0.29) is 12.1 Å². The molecule has 0 bridgehead atoms. The summed E-state index contributed by atoms with van der Waals surface area (Å²) in [4.78, 5) is 0. The van der Waals surface area contributed by atoms with Gasteiger partial charge in [-0.2, -0.15) is 0 Å². The first kappa shape index (κ1) is 12.8. The van der Waals surface area contributed by atoms with Crippen LogP contribution in [0.3, 0.4) is 0 Å². The summed E-state index contributed by atoms with van der Waals surface area (Å²) in [7, 11) is 0. The molecule has 2 aliphatic rings. The van der Waals surface area contributed by atoms with E-state index >= 15 is 0 Å². The van der Waals surface area contributed by atoms with Crippen molar-refractivity contribution in [3.8, 4) is 11.5 Å². The highest BCUT2D eigenvalue weighted by Gasteiger charge is 2.27. The van der Waals surface area contributed by atoms with Crippen LogP contribution in [0.2, 0.25) is 0 Å². The van der Waals surface area contributed by atoms with Crippen LogP contribution in [0.15, 0.2) is 24.3 Å². The van der Waals surface area contributed by atoms with Gasteiger partial charge in [0, 0.05) is 12.6 Å². The van der Waals surface area contributed by atoms with E-state index in [9.17, 15) is 0 Å². The quantitative estimate of drug-likeness (QED) is 0.904. The van der Waals surface area contributed by atoms with Gasteiger partial charge >= 0.3 is 0 Å². The normalized spacial score (nSPS) is 27.2. The molecule has 0 radical (unpaired) electrons. The Morgan fingerprint density at radius 3 is 2.89 bits per heavy atom. The van der Waals surface area contributed by atoms with E-state index in [0.29, 0.717) is 12.7 Å². The molecule has 3 rings (SSSR count). The molecule has 1 aromatic rings. The van der Waals surface area contributed by atoms with Crippen LogP contribution in [0.4, 0.5) is 0 Å². The third kappa shape index (κ3) is 3.01. The van der Waals surface area contributed by atoms with Gasteiger partial charge in [-0.25, -0.2) is 0 Å². The molecule has 3 atom stereocenters. The van der Waals surface area contributed by atoms with Crippen molar-refractivity contribution in [1.29, 1.82) is 0 Å². The Kier molecular flexibility index (Phi) is 3.89. The molecule has 1 fully saturated rings. The lowest BCUT2D eigenvalue weighted by molar-refractivity contribution is 0.0589. The lowest BCUT2D eigenvalue weighted by atomic mass is 10.0. The van der Waals surface area contributed by atoms with Crippen molar-refractivity contribution in [1.82, 2.24) is 0 Å². The number of ether oxygens (including phenoxy) is 3. The minimum absolute atomic E-state index is 0.00226. The molecule has 0 aromatic heterocycles. The Morgan fingerprint density at radius 1 is 1.26 bits per heavy atom. The standard InChI is InChI=1S/C15H21NO3/c16-12(8-7-11-4-3-9-17-11)15-10-18-13-5-1-2-6-14(13)19-15/h1-2,5-6,11-12,15H,3-4,7-10,16H2. The molecule has 2 N–H and O–H groups in total. The first-order chi connectivity index (χ1) is 9.33. The fourth-order valence-electron chi connectivity index (χ4n) is 2.68. The van der Waals surface area contributed by atoms with Crippen LogP contribution in [0.25, 0.3) is 0 Å². The summed E-state index contributed by atoms with van der Waals surface area (Å²) in [6, 6.07) is 7.73. The first-order valence-corrected chi connectivity index (χ1v) is 7.08. The number of fused-ring (bicyclic) bond motifs is 1. The molecular formula is C15H21NO3.